The number of carboxylic acids is 1. The van der Waals surface area contributed by atoms with Gasteiger partial charge in [0, 0.05) is 6.42 Å². The van der Waals surface area contributed by atoms with Crippen molar-refractivity contribution in [3.63, 3.8) is 0 Å². The zero-order chi connectivity index (χ0) is 15.0. The van der Waals surface area contributed by atoms with Gasteiger partial charge in [-0.2, -0.15) is 0 Å². The average Bonchev–Trinajstić information content (AvgIpc) is 2.44. The third kappa shape index (κ3) is 5.17. The van der Waals surface area contributed by atoms with Crippen molar-refractivity contribution in [2.24, 2.45) is 0 Å². The summed E-state index contributed by atoms with van der Waals surface area (Å²) in [5.74, 6) is -2.52. The lowest BCUT2D eigenvalue weighted by Gasteiger charge is -2.18. The molecular formula is C12H17NO7. The Morgan fingerprint density at radius 2 is 2.20 bits per heavy atom. The lowest BCUT2D eigenvalue weighted by atomic mass is 10.1. The first kappa shape index (κ1) is 15.8. The van der Waals surface area contributed by atoms with Gasteiger partial charge in [-0.1, -0.05) is 0 Å². The number of carbonyl (C=O) groups excluding carboxylic acids is 2. The van der Waals surface area contributed by atoms with E-state index in [1.807, 2.05) is 0 Å². The van der Waals surface area contributed by atoms with E-state index in [0.29, 0.717) is 6.61 Å². The fraction of sp³-hybridized carbons (Fsp3) is 0.583. The number of ether oxygens (including phenoxy) is 3. The number of carbonyl (C=O) groups is 3. The predicted molar refractivity (Wildman–Crippen MR) is 65.4 cm³/mol. The summed E-state index contributed by atoms with van der Waals surface area (Å²) < 4.78 is 14.6. The lowest BCUT2D eigenvalue weighted by Crippen LogP contribution is -2.42. The molecule has 1 aliphatic heterocycles. The molecule has 0 aromatic rings. The van der Waals surface area contributed by atoms with Crippen molar-refractivity contribution in [3.8, 4) is 0 Å². The van der Waals surface area contributed by atoms with Crippen molar-refractivity contribution in [1.29, 1.82) is 0 Å². The Morgan fingerprint density at radius 3 is 2.75 bits per heavy atom. The van der Waals surface area contributed by atoms with Crippen LogP contribution in [-0.2, 0) is 28.6 Å². The maximum atomic E-state index is 11.7. The van der Waals surface area contributed by atoms with Crippen molar-refractivity contribution in [3.05, 3.63) is 12.0 Å². The number of rotatable bonds is 7. The van der Waals surface area contributed by atoms with E-state index in [0.717, 1.165) is 6.26 Å². The molecule has 1 rings (SSSR count). The molecule has 1 aliphatic rings. The van der Waals surface area contributed by atoms with Gasteiger partial charge in [-0.15, -0.1) is 0 Å². The van der Waals surface area contributed by atoms with Crippen LogP contribution in [0.4, 0.5) is 0 Å². The maximum Gasteiger partial charge on any atom is 0.326 e. The number of hydrogen-bond donors (Lipinski definition) is 2. The fourth-order valence-corrected chi connectivity index (χ4v) is 1.47. The summed E-state index contributed by atoms with van der Waals surface area (Å²) in [6.45, 7) is 2.43. The van der Waals surface area contributed by atoms with Crippen LogP contribution in [0, 0.1) is 0 Å². The van der Waals surface area contributed by atoms with Gasteiger partial charge in [-0.25, -0.2) is 4.79 Å². The van der Waals surface area contributed by atoms with Gasteiger partial charge in [-0.05, 0) is 13.3 Å². The second kappa shape index (κ2) is 8.03. The van der Waals surface area contributed by atoms with E-state index in [4.69, 9.17) is 19.3 Å². The number of aliphatic carboxylic acids is 1. The van der Waals surface area contributed by atoms with Gasteiger partial charge in [0.15, 0.2) is 0 Å². The summed E-state index contributed by atoms with van der Waals surface area (Å²) in [7, 11) is 0. The minimum Gasteiger partial charge on any atom is -0.494 e. The SMILES string of the molecule is CCOC(=O)CC[C@H](NC(=O)C1=COCCO1)C(=O)O. The predicted octanol–water partition coefficient (Wildman–Crippen LogP) is -0.213. The Kier molecular flexibility index (Phi) is 6.34. The molecule has 20 heavy (non-hydrogen) atoms. The van der Waals surface area contributed by atoms with Crippen molar-refractivity contribution in [2.45, 2.75) is 25.8 Å². The standard InChI is InChI=1S/C12H17NO7/c1-2-19-10(14)4-3-8(12(16)17)13-11(15)9-7-18-5-6-20-9/h7-8H,2-6H2,1H3,(H,13,15)(H,16,17)/t8-/m0/s1. The topological polar surface area (TPSA) is 111 Å². The van der Waals surface area contributed by atoms with Gasteiger partial charge in [0.1, 0.15) is 25.5 Å². The third-order valence-corrected chi connectivity index (χ3v) is 2.42. The molecule has 0 fully saturated rings. The summed E-state index contributed by atoms with van der Waals surface area (Å²) in [5, 5.41) is 11.3. The molecular weight excluding hydrogens is 270 g/mol. The third-order valence-electron chi connectivity index (χ3n) is 2.42. The van der Waals surface area contributed by atoms with Crippen LogP contribution in [-0.4, -0.2) is 48.8 Å². The Balaban J connectivity index is 2.50. The minimum atomic E-state index is -1.24. The minimum absolute atomic E-state index is 0.0615. The van der Waals surface area contributed by atoms with Crippen LogP contribution in [0.1, 0.15) is 19.8 Å². The molecule has 8 nitrogen and oxygen atoms in total. The quantitative estimate of drug-likeness (QED) is 0.623. The molecule has 1 heterocycles. The molecule has 0 saturated heterocycles. The average molecular weight is 287 g/mol. The Bertz CT molecular complexity index is 405. The van der Waals surface area contributed by atoms with Gasteiger partial charge < -0.3 is 24.6 Å². The van der Waals surface area contributed by atoms with Gasteiger partial charge in [-0.3, -0.25) is 9.59 Å². The van der Waals surface area contributed by atoms with Gasteiger partial charge in [0.25, 0.3) is 5.91 Å². The van der Waals surface area contributed by atoms with Gasteiger partial charge in [0.05, 0.1) is 6.61 Å². The molecule has 0 aliphatic carbocycles. The Hall–Kier alpha value is -2.25. The molecule has 1 amide bonds. The Morgan fingerprint density at radius 1 is 1.45 bits per heavy atom. The molecule has 8 heteroatoms. The van der Waals surface area contributed by atoms with Crippen molar-refractivity contribution < 1.29 is 33.7 Å². The highest BCUT2D eigenvalue weighted by Crippen LogP contribution is 2.06. The Labute approximate surface area is 115 Å². The van der Waals surface area contributed by atoms with Crippen LogP contribution in [0.2, 0.25) is 0 Å². The smallest absolute Gasteiger partial charge is 0.326 e. The first-order valence-electron chi connectivity index (χ1n) is 6.18. The molecule has 1 atom stereocenters. The zero-order valence-electron chi connectivity index (χ0n) is 11.1. The van der Waals surface area contributed by atoms with Crippen LogP contribution in [0.25, 0.3) is 0 Å². The first-order chi connectivity index (χ1) is 9.54. The first-order valence-corrected chi connectivity index (χ1v) is 6.18. The molecule has 0 aromatic heterocycles. The largest absolute Gasteiger partial charge is 0.494 e. The van der Waals surface area contributed by atoms with E-state index in [1.165, 1.54) is 0 Å². The number of hydrogen-bond acceptors (Lipinski definition) is 6. The molecule has 112 valence electrons. The van der Waals surface area contributed by atoms with Crippen molar-refractivity contribution in [2.75, 3.05) is 19.8 Å². The number of amides is 1. The summed E-state index contributed by atoms with van der Waals surface area (Å²) in [6, 6.07) is -1.20. The van der Waals surface area contributed by atoms with E-state index in [9.17, 15) is 14.4 Å². The monoisotopic (exact) mass is 287 g/mol. The van der Waals surface area contributed by atoms with Gasteiger partial charge in [0.2, 0.25) is 5.76 Å². The molecule has 0 saturated carbocycles. The number of nitrogens with one attached hydrogen (secondary N) is 1. The van der Waals surface area contributed by atoms with Crippen LogP contribution < -0.4 is 5.32 Å². The summed E-state index contributed by atoms with van der Waals surface area (Å²) in [6.07, 6.45) is 0.971. The second-order valence-electron chi connectivity index (χ2n) is 3.91. The fourth-order valence-electron chi connectivity index (χ4n) is 1.47. The maximum absolute atomic E-state index is 11.7. The van der Waals surface area contributed by atoms with E-state index in [2.05, 4.69) is 5.32 Å². The van der Waals surface area contributed by atoms with Crippen LogP contribution in [0.15, 0.2) is 12.0 Å². The normalized spacial score (nSPS) is 15.2. The number of carboxylic acid groups (broad SMARTS) is 1. The molecule has 0 bridgehead atoms. The molecule has 0 unspecified atom stereocenters. The molecule has 2 N–H and O–H groups in total. The molecule has 0 spiro atoms. The van der Waals surface area contributed by atoms with Gasteiger partial charge >= 0.3 is 11.9 Å². The summed E-state index contributed by atoms with van der Waals surface area (Å²) >= 11 is 0. The van der Waals surface area contributed by atoms with Crippen molar-refractivity contribution >= 4 is 17.8 Å². The highest BCUT2D eigenvalue weighted by Gasteiger charge is 2.24. The van der Waals surface area contributed by atoms with E-state index in [-0.39, 0.29) is 31.8 Å². The molecule has 0 radical (unpaired) electrons. The van der Waals surface area contributed by atoms with E-state index in [1.54, 1.807) is 6.92 Å². The van der Waals surface area contributed by atoms with E-state index < -0.39 is 23.9 Å². The van der Waals surface area contributed by atoms with Crippen molar-refractivity contribution in [1.82, 2.24) is 5.32 Å². The lowest BCUT2D eigenvalue weighted by molar-refractivity contribution is -0.145. The summed E-state index contributed by atoms with van der Waals surface area (Å²) in [5.41, 5.74) is 0. The summed E-state index contributed by atoms with van der Waals surface area (Å²) in [4.78, 5) is 33.9. The van der Waals surface area contributed by atoms with Crippen LogP contribution in [0.5, 0.6) is 0 Å². The van der Waals surface area contributed by atoms with E-state index >= 15 is 0 Å². The second-order valence-corrected chi connectivity index (χ2v) is 3.91. The highest BCUT2D eigenvalue weighted by molar-refractivity contribution is 5.94. The van der Waals surface area contributed by atoms with Crippen LogP contribution in [0.3, 0.4) is 0 Å². The zero-order valence-corrected chi connectivity index (χ0v) is 11.1. The molecule has 0 aromatic carbocycles. The highest BCUT2D eigenvalue weighted by atomic mass is 16.6. The van der Waals surface area contributed by atoms with Crippen LogP contribution >= 0.6 is 0 Å². The number of esters is 1.